The quantitative estimate of drug-likeness (QED) is 0.795. The monoisotopic (exact) mass is 356 g/mol. The predicted octanol–water partition coefficient (Wildman–Crippen LogP) is 2.13. The highest BCUT2D eigenvalue weighted by Gasteiger charge is 2.15. The molecule has 1 aromatic carbocycles. The van der Waals surface area contributed by atoms with Gasteiger partial charge in [0.25, 0.3) is 10.0 Å². The molecule has 0 bridgehead atoms. The average Bonchev–Trinajstić information content (AvgIpc) is 2.51. The number of hydrogen-bond acceptors (Lipinski definition) is 5. The van der Waals surface area contributed by atoms with Gasteiger partial charge in [0.15, 0.2) is 11.6 Å². The van der Waals surface area contributed by atoms with Crippen LogP contribution in [0.3, 0.4) is 0 Å². The van der Waals surface area contributed by atoms with E-state index in [1.807, 2.05) is 19.0 Å². The number of benzene rings is 1. The Bertz CT molecular complexity index is 796. The molecule has 0 radical (unpaired) electrons. The largest absolute Gasteiger partial charge is 0.369 e. The molecule has 0 aliphatic carbocycles. The summed E-state index contributed by atoms with van der Waals surface area (Å²) in [4.78, 5) is 5.95. The van der Waals surface area contributed by atoms with Gasteiger partial charge in [-0.05, 0) is 38.4 Å². The van der Waals surface area contributed by atoms with Crippen LogP contribution in [-0.4, -0.2) is 45.5 Å². The Morgan fingerprint density at radius 2 is 1.88 bits per heavy atom. The molecule has 0 atom stereocenters. The summed E-state index contributed by atoms with van der Waals surface area (Å²) in [5, 5.41) is 3.06. The van der Waals surface area contributed by atoms with Crippen LogP contribution in [0.5, 0.6) is 0 Å². The molecule has 0 amide bonds. The van der Waals surface area contributed by atoms with Crippen molar-refractivity contribution in [3.8, 4) is 0 Å². The number of nitrogens with one attached hydrogen (secondary N) is 2. The van der Waals surface area contributed by atoms with Crippen molar-refractivity contribution in [3.05, 3.63) is 48.2 Å². The lowest BCUT2D eigenvalue weighted by molar-refractivity contribution is 0.425. The number of halogens is 2. The molecule has 0 saturated carbocycles. The molecule has 0 spiro atoms. The zero-order valence-electron chi connectivity index (χ0n) is 13.3. The van der Waals surface area contributed by atoms with Gasteiger partial charge in [0.2, 0.25) is 0 Å². The number of nitrogens with zero attached hydrogens (tertiary/aromatic N) is 2. The van der Waals surface area contributed by atoms with Gasteiger partial charge >= 0.3 is 0 Å². The van der Waals surface area contributed by atoms with Crippen LogP contribution in [0.25, 0.3) is 0 Å². The molecule has 1 aromatic heterocycles. The first-order valence-corrected chi connectivity index (χ1v) is 8.59. The summed E-state index contributed by atoms with van der Waals surface area (Å²) >= 11 is 0. The van der Waals surface area contributed by atoms with Crippen molar-refractivity contribution in [2.24, 2.45) is 0 Å². The minimum absolute atomic E-state index is 0.0675. The molecule has 2 N–H and O–H groups in total. The zero-order chi connectivity index (χ0) is 17.7. The maximum atomic E-state index is 13.2. The Morgan fingerprint density at radius 3 is 2.46 bits per heavy atom. The molecule has 24 heavy (non-hydrogen) atoms. The van der Waals surface area contributed by atoms with Crippen LogP contribution >= 0.6 is 0 Å². The van der Waals surface area contributed by atoms with E-state index in [0.717, 1.165) is 24.7 Å². The Kier molecular flexibility index (Phi) is 5.68. The van der Waals surface area contributed by atoms with Crippen molar-refractivity contribution in [1.82, 2.24) is 9.88 Å². The first-order chi connectivity index (χ1) is 11.3. The van der Waals surface area contributed by atoms with Crippen LogP contribution in [-0.2, 0) is 10.0 Å². The van der Waals surface area contributed by atoms with Crippen molar-refractivity contribution in [2.45, 2.75) is 4.90 Å². The maximum Gasteiger partial charge on any atom is 0.263 e. The van der Waals surface area contributed by atoms with Gasteiger partial charge in [0.1, 0.15) is 10.7 Å². The van der Waals surface area contributed by atoms with E-state index >= 15 is 0 Å². The van der Waals surface area contributed by atoms with E-state index < -0.39 is 21.7 Å². The van der Waals surface area contributed by atoms with Crippen molar-refractivity contribution in [3.63, 3.8) is 0 Å². The molecule has 9 heteroatoms. The third-order valence-corrected chi connectivity index (χ3v) is 4.45. The van der Waals surface area contributed by atoms with E-state index in [1.165, 1.54) is 18.3 Å². The molecule has 0 fully saturated rings. The van der Waals surface area contributed by atoms with Crippen LogP contribution in [0, 0.1) is 11.6 Å². The summed E-state index contributed by atoms with van der Waals surface area (Å²) in [5.74, 6) is -1.63. The maximum absolute atomic E-state index is 13.2. The van der Waals surface area contributed by atoms with E-state index in [0.29, 0.717) is 12.4 Å². The van der Waals surface area contributed by atoms with E-state index in [2.05, 4.69) is 15.0 Å². The average molecular weight is 356 g/mol. The lowest BCUT2D eigenvalue weighted by Crippen LogP contribution is -2.21. The van der Waals surface area contributed by atoms with Crippen LogP contribution < -0.4 is 10.0 Å². The molecule has 2 rings (SSSR count). The standard InChI is InChI=1S/C15H18F2N4O2S/c1-21(2)8-7-18-15-6-4-12(10-19-15)24(22,23)20-11-3-5-13(16)14(17)9-11/h3-6,9-10,20H,7-8H2,1-2H3,(H,18,19). The molecular formula is C15H18F2N4O2S. The summed E-state index contributed by atoms with van der Waals surface area (Å²) in [6.07, 6.45) is 1.19. The highest BCUT2D eigenvalue weighted by Crippen LogP contribution is 2.18. The number of rotatable bonds is 7. The van der Waals surface area contributed by atoms with Gasteiger partial charge in [-0.2, -0.15) is 0 Å². The highest BCUT2D eigenvalue weighted by molar-refractivity contribution is 7.92. The number of pyridine rings is 1. The normalized spacial score (nSPS) is 11.5. The van der Waals surface area contributed by atoms with Crippen molar-refractivity contribution in [2.75, 3.05) is 37.2 Å². The van der Waals surface area contributed by atoms with Crippen molar-refractivity contribution in [1.29, 1.82) is 0 Å². The third kappa shape index (κ3) is 4.87. The van der Waals surface area contributed by atoms with Gasteiger partial charge in [-0.25, -0.2) is 22.2 Å². The minimum atomic E-state index is -3.93. The molecule has 130 valence electrons. The first-order valence-electron chi connectivity index (χ1n) is 7.10. The lowest BCUT2D eigenvalue weighted by Gasteiger charge is -2.11. The smallest absolute Gasteiger partial charge is 0.263 e. The molecular weight excluding hydrogens is 338 g/mol. The van der Waals surface area contributed by atoms with Gasteiger partial charge in [-0.15, -0.1) is 0 Å². The van der Waals surface area contributed by atoms with E-state index in [9.17, 15) is 17.2 Å². The number of sulfonamides is 1. The molecule has 2 aromatic rings. The van der Waals surface area contributed by atoms with Gasteiger partial charge < -0.3 is 10.2 Å². The second-order valence-corrected chi connectivity index (χ2v) is 7.03. The topological polar surface area (TPSA) is 74.3 Å². The second kappa shape index (κ2) is 7.54. The van der Waals surface area contributed by atoms with Gasteiger partial charge in [-0.1, -0.05) is 0 Å². The number of likely N-dealkylation sites (N-methyl/N-ethyl adjacent to an activating group) is 1. The summed E-state index contributed by atoms with van der Waals surface area (Å²) in [5.41, 5.74) is -0.0675. The fourth-order valence-electron chi connectivity index (χ4n) is 1.83. The Morgan fingerprint density at radius 1 is 1.12 bits per heavy atom. The van der Waals surface area contributed by atoms with Crippen molar-refractivity contribution < 1.29 is 17.2 Å². The number of hydrogen-bond donors (Lipinski definition) is 2. The molecule has 0 aliphatic heterocycles. The van der Waals surface area contributed by atoms with E-state index in [-0.39, 0.29) is 10.6 Å². The molecule has 1 heterocycles. The number of anilines is 2. The van der Waals surface area contributed by atoms with Crippen molar-refractivity contribution >= 4 is 21.5 Å². The first kappa shape index (κ1) is 18.1. The fourth-order valence-corrected chi connectivity index (χ4v) is 2.82. The third-order valence-electron chi connectivity index (χ3n) is 3.08. The summed E-state index contributed by atoms with van der Waals surface area (Å²) in [6, 6.07) is 5.68. The number of aromatic nitrogens is 1. The second-order valence-electron chi connectivity index (χ2n) is 5.34. The SMILES string of the molecule is CN(C)CCNc1ccc(S(=O)(=O)Nc2ccc(F)c(F)c2)cn1. The summed E-state index contributed by atoms with van der Waals surface area (Å²) in [6.45, 7) is 1.47. The van der Waals surface area contributed by atoms with Gasteiger partial charge in [0, 0.05) is 25.4 Å². The zero-order valence-corrected chi connectivity index (χ0v) is 14.1. The van der Waals surface area contributed by atoms with Gasteiger partial charge in [0.05, 0.1) is 5.69 Å². The molecule has 0 saturated heterocycles. The fraction of sp³-hybridized carbons (Fsp3) is 0.267. The van der Waals surface area contributed by atoms with Crippen LogP contribution in [0.1, 0.15) is 0 Å². The molecule has 0 aliphatic rings. The molecule has 6 nitrogen and oxygen atoms in total. The lowest BCUT2D eigenvalue weighted by atomic mass is 10.3. The van der Waals surface area contributed by atoms with Crippen LogP contribution in [0.2, 0.25) is 0 Å². The summed E-state index contributed by atoms with van der Waals surface area (Å²) in [7, 11) is -0.0528. The molecule has 0 unspecified atom stereocenters. The Labute approximate surface area is 139 Å². The predicted molar refractivity (Wildman–Crippen MR) is 88.4 cm³/mol. The van der Waals surface area contributed by atoms with E-state index in [4.69, 9.17) is 0 Å². The Balaban J connectivity index is 2.07. The Hall–Kier alpha value is -2.26. The minimum Gasteiger partial charge on any atom is -0.369 e. The van der Waals surface area contributed by atoms with Crippen LogP contribution in [0.15, 0.2) is 41.4 Å². The summed E-state index contributed by atoms with van der Waals surface area (Å²) < 4.78 is 52.6. The van der Waals surface area contributed by atoms with Crippen LogP contribution in [0.4, 0.5) is 20.3 Å². The highest BCUT2D eigenvalue weighted by atomic mass is 32.2. The van der Waals surface area contributed by atoms with E-state index in [1.54, 1.807) is 0 Å². The van der Waals surface area contributed by atoms with Gasteiger partial charge in [-0.3, -0.25) is 4.72 Å².